The Morgan fingerprint density at radius 2 is 2.13 bits per heavy atom. The first-order valence-electron chi connectivity index (χ1n) is 9.10. The first-order chi connectivity index (χ1) is 14.5. The highest BCUT2D eigenvalue weighted by Gasteiger charge is 2.51. The lowest BCUT2D eigenvalue weighted by Gasteiger charge is -2.23. The molecule has 1 saturated heterocycles. The molecule has 1 fully saturated rings. The van der Waals surface area contributed by atoms with Crippen LogP contribution in [0, 0.1) is 0 Å². The van der Waals surface area contributed by atoms with E-state index in [4.69, 9.17) is 9.26 Å². The van der Waals surface area contributed by atoms with Crippen molar-refractivity contribution < 1.29 is 24.0 Å². The number of nitrogens with zero attached hydrogens (tertiary/aromatic N) is 2. The molecule has 1 aromatic carbocycles. The maximum Gasteiger partial charge on any atom is 0.322 e. The predicted molar refractivity (Wildman–Crippen MR) is 105 cm³/mol. The van der Waals surface area contributed by atoms with Crippen molar-refractivity contribution in [2.24, 2.45) is 0 Å². The van der Waals surface area contributed by atoms with Gasteiger partial charge in [0.25, 0.3) is 5.91 Å². The molecule has 1 aliphatic rings. The molecule has 0 aliphatic carbocycles. The van der Waals surface area contributed by atoms with Gasteiger partial charge in [-0.2, -0.15) is 0 Å². The molecule has 1 atom stereocenters. The zero-order valence-corrected chi connectivity index (χ0v) is 15.8. The number of rotatable bonds is 5. The second-order valence-corrected chi connectivity index (χ2v) is 7.01. The van der Waals surface area contributed by atoms with Gasteiger partial charge in [-0.05, 0) is 30.3 Å². The third-order valence-electron chi connectivity index (χ3n) is 5.22. The second kappa shape index (κ2) is 6.41. The minimum atomic E-state index is -1.58. The van der Waals surface area contributed by atoms with Gasteiger partial charge >= 0.3 is 6.03 Å². The summed E-state index contributed by atoms with van der Waals surface area (Å²) in [5.74, 6) is 0.0611. The monoisotopic (exact) mass is 407 g/mol. The Morgan fingerprint density at radius 1 is 1.27 bits per heavy atom. The van der Waals surface area contributed by atoms with Crippen LogP contribution in [0.1, 0.15) is 5.76 Å². The average Bonchev–Trinajstić information content (AvgIpc) is 3.51. The molecule has 0 spiro atoms. The summed E-state index contributed by atoms with van der Waals surface area (Å²) < 4.78 is 12.1. The summed E-state index contributed by atoms with van der Waals surface area (Å²) in [6.45, 7) is -0.104. The molecule has 152 valence electrons. The maximum absolute atomic E-state index is 12.8. The molecule has 5 rings (SSSR count). The van der Waals surface area contributed by atoms with E-state index in [0.717, 1.165) is 5.39 Å². The van der Waals surface area contributed by atoms with Gasteiger partial charge < -0.3 is 29.2 Å². The summed E-state index contributed by atoms with van der Waals surface area (Å²) in [6.07, 6.45) is 3.42. The van der Waals surface area contributed by atoms with Crippen molar-refractivity contribution in [3.05, 3.63) is 54.6 Å². The molecule has 10 nitrogen and oxygen atoms in total. The molecular formula is C20H17N5O5. The van der Waals surface area contributed by atoms with Gasteiger partial charge in [0, 0.05) is 29.2 Å². The Morgan fingerprint density at radius 3 is 2.83 bits per heavy atom. The number of imide groups is 1. The highest BCUT2D eigenvalue weighted by atomic mass is 16.5. The largest absolute Gasteiger partial charge is 0.497 e. The van der Waals surface area contributed by atoms with Crippen LogP contribution in [0.4, 0.5) is 4.79 Å². The lowest BCUT2D eigenvalue weighted by Crippen LogP contribution is -2.47. The fraction of sp³-hybridized carbons (Fsp3) is 0.150. The van der Waals surface area contributed by atoms with Crippen molar-refractivity contribution in [2.75, 3.05) is 7.11 Å². The number of aromatic nitrogens is 3. The normalized spacial score (nSPS) is 18.6. The Balaban J connectivity index is 1.59. The summed E-state index contributed by atoms with van der Waals surface area (Å²) >= 11 is 0. The maximum atomic E-state index is 12.8. The molecule has 4 heterocycles. The molecule has 4 aromatic rings. The number of ether oxygens (including phenoxy) is 1. The van der Waals surface area contributed by atoms with Crippen molar-refractivity contribution in [2.45, 2.75) is 12.1 Å². The van der Waals surface area contributed by atoms with Crippen molar-refractivity contribution in [3.8, 4) is 23.0 Å². The standard InChI is InChI=1S/C20H17N5O5/c1-29-12-5-4-11-9-25(17(26)13(11)7-12)10-20(18(27)22-19(28)23-20)16-8-15(24-30-16)14-3-2-6-21-14/h2-9,21,26H,10H2,1H3,(H2,22,23,27,28)/t20-/m0/s1. The zero-order valence-electron chi connectivity index (χ0n) is 15.8. The van der Waals surface area contributed by atoms with Crippen molar-refractivity contribution in [3.63, 3.8) is 0 Å². The van der Waals surface area contributed by atoms with Crippen molar-refractivity contribution >= 4 is 22.7 Å². The fourth-order valence-corrected chi connectivity index (χ4v) is 3.68. The van der Waals surface area contributed by atoms with Crippen molar-refractivity contribution in [1.82, 2.24) is 25.3 Å². The molecule has 4 N–H and O–H groups in total. The Hall–Kier alpha value is -4.21. The minimum absolute atomic E-state index is 0.0682. The van der Waals surface area contributed by atoms with Crippen LogP contribution in [0.2, 0.25) is 0 Å². The number of nitrogens with one attached hydrogen (secondary N) is 3. The van der Waals surface area contributed by atoms with E-state index >= 15 is 0 Å². The fourth-order valence-electron chi connectivity index (χ4n) is 3.68. The second-order valence-electron chi connectivity index (χ2n) is 7.01. The van der Waals surface area contributed by atoms with Gasteiger partial charge in [0.1, 0.15) is 11.4 Å². The molecular weight excluding hydrogens is 390 g/mol. The summed E-state index contributed by atoms with van der Waals surface area (Å²) in [4.78, 5) is 27.8. The number of carbonyl (C=O) groups is 2. The average molecular weight is 407 g/mol. The third kappa shape index (κ3) is 2.61. The first kappa shape index (κ1) is 17.9. The number of carbonyl (C=O) groups excluding carboxylic acids is 2. The molecule has 0 bridgehead atoms. The Labute approximate surface area is 169 Å². The van der Waals surface area contributed by atoms with Crippen LogP contribution in [-0.4, -0.2) is 38.9 Å². The van der Waals surface area contributed by atoms with E-state index in [0.29, 0.717) is 22.5 Å². The van der Waals surface area contributed by atoms with Gasteiger partial charge in [0.05, 0.1) is 19.3 Å². The smallest absolute Gasteiger partial charge is 0.322 e. The number of amides is 3. The first-order valence-corrected chi connectivity index (χ1v) is 9.10. The van der Waals surface area contributed by atoms with Crippen LogP contribution in [0.15, 0.2) is 53.3 Å². The Kier molecular flexibility index (Phi) is 3.82. The van der Waals surface area contributed by atoms with Crippen LogP contribution in [0.25, 0.3) is 22.2 Å². The van der Waals surface area contributed by atoms with E-state index in [1.54, 1.807) is 48.8 Å². The van der Waals surface area contributed by atoms with E-state index in [9.17, 15) is 14.7 Å². The SMILES string of the molecule is COc1ccc2cn(C[C@@]3(c4cc(-c5ccc[nH]5)no4)NC(=O)NC3=O)c(O)c2c1. The molecule has 3 aromatic heterocycles. The van der Waals surface area contributed by atoms with Crippen LogP contribution in [0.3, 0.4) is 0 Å². The molecule has 0 radical (unpaired) electrons. The van der Waals surface area contributed by atoms with E-state index in [-0.39, 0.29) is 18.2 Å². The van der Waals surface area contributed by atoms with Gasteiger partial charge in [-0.1, -0.05) is 5.16 Å². The molecule has 10 heteroatoms. The summed E-state index contributed by atoms with van der Waals surface area (Å²) in [5, 5.41) is 20.9. The lowest BCUT2D eigenvalue weighted by atomic mass is 9.95. The van der Waals surface area contributed by atoms with E-state index < -0.39 is 17.5 Å². The van der Waals surface area contributed by atoms with Crippen LogP contribution in [-0.2, 0) is 16.9 Å². The molecule has 0 saturated carbocycles. The summed E-state index contributed by atoms with van der Waals surface area (Å²) in [5.41, 5.74) is -0.396. The highest BCUT2D eigenvalue weighted by molar-refractivity contribution is 6.07. The van der Waals surface area contributed by atoms with E-state index in [1.165, 1.54) is 11.7 Å². The third-order valence-corrected chi connectivity index (χ3v) is 5.22. The number of H-pyrrole nitrogens is 1. The van der Waals surface area contributed by atoms with Gasteiger partial charge in [0.2, 0.25) is 0 Å². The predicted octanol–water partition coefficient (Wildman–Crippen LogP) is 2.07. The van der Waals surface area contributed by atoms with Crippen LogP contribution in [0.5, 0.6) is 11.6 Å². The van der Waals surface area contributed by atoms with Gasteiger partial charge in [0.15, 0.2) is 17.2 Å². The molecule has 3 amide bonds. The number of hydrogen-bond donors (Lipinski definition) is 4. The molecule has 1 aliphatic heterocycles. The van der Waals surface area contributed by atoms with Crippen molar-refractivity contribution in [1.29, 1.82) is 0 Å². The molecule has 0 unspecified atom stereocenters. The number of methoxy groups -OCH3 is 1. The topological polar surface area (TPSA) is 134 Å². The highest BCUT2D eigenvalue weighted by Crippen LogP contribution is 2.35. The number of hydrogen-bond acceptors (Lipinski definition) is 6. The number of benzene rings is 1. The number of urea groups is 1. The van der Waals surface area contributed by atoms with Gasteiger partial charge in [-0.3, -0.25) is 10.1 Å². The van der Waals surface area contributed by atoms with E-state index in [1.807, 2.05) is 0 Å². The number of aromatic hydroxyl groups is 1. The Bertz CT molecular complexity index is 1270. The lowest BCUT2D eigenvalue weighted by molar-refractivity contribution is -0.125. The quantitative estimate of drug-likeness (QED) is 0.374. The van der Waals surface area contributed by atoms with Crippen LogP contribution >= 0.6 is 0 Å². The zero-order chi connectivity index (χ0) is 20.9. The summed E-state index contributed by atoms with van der Waals surface area (Å²) in [7, 11) is 1.54. The molecule has 30 heavy (non-hydrogen) atoms. The van der Waals surface area contributed by atoms with E-state index in [2.05, 4.69) is 20.8 Å². The number of aromatic amines is 1. The minimum Gasteiger partial charge on any atom is -0.497 e. The summed E-state index contributed by atoms with van der Waals surface area (Å²) in [6, 6.07) is 9.79. The van der Waals surface area contributed by atoms with Gasteiger partial charge in [-0.25, -0.2) is 4.79 Å². The number of fused-ring (bicyclic) bond motifs is 1. The van der Waals surface area contributed by atoms with Crippen LogP contribution < -0.4 is 15.4 Å². The van der Waals surface area contributed by atoms with Gasteiger partial charge in [-0.15, -0.1) is 0 Å².